The van der Waals surface area contributed by atoms with Gasteiger partial charge < -0.3 is 20.2 Å². The SMILES string of the molecule is CCC(CO)NC(=NC)C1=C(N=CN2CCN(c3ccc(Cl)c(C(F)(F)P)c3)CC2)CCS1=O. The smallest absolute Gasteiger partial charge is 0.285 e. The van der Waals surface area contributed by atoms with E-state index in [1.807, 2.05) is 11.8 Å². The predicted molar refractivity (Wildman–Crippen MR) is 140 cm³/mol. The number of nitrogens with one attached hydrogen (secondary N) is 1. The molecular weight excluding hydrogens is 503 g/mol. The first-order valence-corrected chi connectivity index (χ1v) is 13.4. The fourth-order valence-corrected chi connectivity index (χ4v) is 5.76. The van der Waals surface area contributed by atoms with E-state index < -0.39 is 16.5 Å². The first-order valence-electron chi connectivity index (χ1n) is 11.1. The number of rotatable bonds is 8. The van der Waals surface area contributed by atoms with Crippen molar-refractivity contribution >= 4 is 49.5 Å². The van der Waals surface area contributed by atoms with Crippen molar-refractivity contribution in [2.75, 3.05) is 50.5 Å². The first-order chi connectivity index (χ1) is 16.2. The molecular formula is C22H31ClF2N5O2PS. The van der Waals surface area contributed by atoms with Crippen LogP contribution in [-0.4, -0.2) is 78.0 Å². The van der Waals surface area contributed by atoms with Crippen LogP contribution in [0.1, 0.15) is 25.3 Å². The zero-order chi connectivity index (χ0) is 24.9. The minimum absolute atomic E-state index is 0.0395. The number of aliphatic hydroxyl groups is 1. The molecule has 1 fully saturated rings. The first kappa shape index (κ1) is 27.0. The maximum absolute atomic E-state index is 13.8. The summed E-state index contributed by atoms with van der Waals surface area (Å²) in [4.78, 5) is 13.6. The highest BCUT2D eigenvalue weighted by molar-refractivity contribution is 7.90. The van der Waals surface area contributed by atoms with E-state index in [4.69, 9.17) is 11.6 Å². The number of anilines is 1. The lowest BCUT2D eigenvalue weighted by molar-refractivity contribution is 0.104. The molecule has 1 aromatic rings. The maximum Gasteiger partial charge on any atom is 0.285 e. The van der Waals surface area contributed by atoms with Crippen LogP contribution in [0.5, 0.6) is 0 Å². The molecule has 7 nitrogen and oxygen atoms in total. The van der Waals surface area contributed by atoms with Crippen molar-refractivity contribution in [2.24, 2.45) is 9.98 Å². The predicted octanol–water partition coefficient (Wildman–Crippen LogP) is 3.17. The number of piperazine rings is 1. The van der Waals surface area contributed by atoms with Crippen LogP contribution in [0.3, 0.4) is 0 Å². The highest BCUT2D eigenvalue weighted by Crippen LogP contribution is 2.40. The largest absolute Gasteiger partial charge is 0.394 e. The molecule has 0 spiro atoms. The monoisotopic (exact) mass is 533 g/mol. The lowest BCUT2D eigenvalue weighted by atomic mass is 10.1. The third-order valence-corrected chi connectivity index (χ3v) is 7.97. The summed E-state index contributed by atoms with van der Waals surface area (Å²) in [5, 5.41) is 12.7. The zero-order valence-electron chi connectivity index (χ0n) is 19.3. The maximum atomic E-state index is 13.8. The van der Waals surface area contributed by atoms with Gasteiger partial charge in [0.1, 0.15) is 10.7 Å². The van der Waals surface area contributed by atoms with E-state index in [9.17, 15) is 18.1 Å². The minimum Gasteiger partial charge on any atom is -0.394 e. The van der Waals surface area contributed by atoms with Gasteiger partial charge in [0, 0.05) is 56.7 Å². The molecule has 1 saturated heterocycles. The summed E-state index contributed by atoms with van der Waals surface area (Å²) in [6, 6.07) is 4.54. The standard InChI is InChI=1S/C22H31ClF2N5O2PS/c1-3-15(13-31)28-21(26-2)20-19(6-11-34(20)32)27-14-29-7-9-30(10-8-29)16-4-5-18(23)17(12-16)22(24,25)33/h4-5,12,14-15,31H,3,6-11,13,33H2,1-2H3,(H,26,28). The molecule has 2 heterocycles. The number of aliphatic hydroxyl groups excluding tert-OH is 1. The molecule has 2 N–H and O–H groups in total. The van der Waals surface area contributed by atoms with Gasteiger partial charge in [-0.2, -0.15) is 8.78 Å². The Morgan fingerprint density at radius 1 is 1.38 bits per heavy atom. The number of allylic oxidation sites excluding steroid dienone is 1. The number of aliphatic imine (C=N–C) groups is 2. The Labute approximate surface area is 209 Å². The van der Waals surface area contributed by atoms with Crippen molar-refractivity contribution in [1.82, 2.24) is 10.2 Å². The van der Waals surface area contributed by atoms with Crippen molar-refractivity contribution in [3.63, 3.8) is 0 Å². The Hall–Kier alpha value is -1.61. The second kappa shape index (κ2) is 11.9. The Balaban J connectivity index is 1.68. The summed E-state index contributed by atoms with van der Waals surface area (Å²) >= 11 is 5.96. The van der Waals surface area contributed by atoms with Crippen LogP contribution in [0, 0.1) is 0 Å². The van der Waals surface area contributed by atoms with Gasteiger partial charge in [-0.05, 0) is 24.6 Å². The molecule has 0 bridgehead atoms. The lowest BCUT2D eigenvalue weighted by Gasteiger charge is -2.35. The van der Waals surface area contributed by atoms with Crippen LogP contribution in [-0.2, 0) is 16.5 Å². The summed E-state index contributed by atoms with van der Waals surface area (Å²) in [7, 11) is 1.96. The number of alkyl halides is 2. The molecule has 0 aromatic heterocycles. The van der Waals surface area contributed by atoms with Gasteiger partial charge >= 0.3 is 0 Å². The van der Waals surface area contributed by atoms with Gasteiger partial charge in [-0.3, -0.25) is 9.20 Å². The minimum atomic E-state index is -3.09. The molecule has 3 atom stereocenters. The van der Waals surface area contributed by atoms with Gasteiger partial charge in [0.25, 0.3) is 5.66 Å². The summed E-state index contributed by atoms with van der Waals surface area (Å²) in [5.74, 6) is 1.00. The molecule has 2 aliphatic heterocycles. The van der Waals surface area contributed by atoms with E-state index in [-0.39, 0.29) is 23.2 Å². The highest BCUT2D eigenvalue weighted by atomic mass is 35.5. The van der Waals surface area contributed by atoms with Crippen LogP contribution >= 0.6 is 20.8 Å². The van der Waals surface area contributed by atoms with E-state index >= 15 is 0 Å². The molecule has 188 valence electrons. The number of benzene rings is 1. The Morgan fingerprint density at radius 2 is 2.09 bits per heavy atom. The van der Waals surface area contributed by atoms with Gasteiger partial charge in [0.05, 0.1) is 40.5 Å². The lowest BCUT2D eigenvalue weighted by Crippen LogP contribution is -2.45. The van der Waals surface area contributed by atoms with Gasteiger partial charge in [-0.15, -0.1) is 0 Å². The number of nitrogens with zero attached hydrogens (tertiary/aromatic N) is 4. The van der Waals surface area contributed by atoms with E-state index in [0.717, 1.165) is 5.70 Å². The molecule has 0 amide bonds. The molecule has 3 unspecified atom stereocenters. The van der Waals surface area contributed by atoms with E-state index in [1.54, 1.807) is 19.5 Å². The second-order valence-corrected chi connectivity index (χ2v) is 10.8. The van der Waals surface area contributed by atoms with Gasteiger partial charge in [0.2, 0.25) is 0 Å². The van der Waals surface area contributed by atoms with E-state index in [0.29, 0.717) is 61.2 Å². The van der Waals surface area contributed by atoms with Gasteiger partial charge in [-0.25, -0.2) is 4.99 Å². The van der Waals surface area contributed by atoms with E-state index in [2.05, 4.69) is 20.2 Å². The molecule has 3 rings (SSSR count). The highest BCUT2D eigenvalue weighted by Gasteiger charge is 2.29. The number of hydrogen-bond donors (Lipinski definition) is 2. The summed E-state index contributed by atoms with van der Waals surface area (Å²) in [6.07, 6.45) is 3.06. The van der Waals surface area contributed by atoms with E-state index in [1.165, 1.54) is 21.4 Å². The summed E-state index contributed by atoms with van der Waals surface area (Å²) in [6.45, 7) is 4.54. The molecule has 34 heavy (non-hydrogen) atoms. The van der Waals surface area contributed by atoms with Crippen molar-refractivity contribution < 1.29 is 18.1 Å². The van der Waals surface area contributed by atoms with Gasteiger partial charge in [0.15, 0.2) is 0 Å². The normalized spacial score (nSPS) is 21.0. The fourth-order valence-electron chi connectivity index (χ4n) is 3.82. The molecule has 0 saturated carbocycles. The van der Waals surface area contributed by atoms with Crippen molar-refractivity contribution in [3.05, 3.63) is 39.4 Å². The molecule has 12 heteroatoms. The molecule has 0 radical (unpaired) electrons. The average Bonchev–Trinajstić information content (AvgIpc) is 3.19. The Bertz CT molecular complexity index is 990. The Kier molecular flexibility index (Phi) is 9.43. The number of halogens is 3. The van der Waals surface area contributed by atoms with Crippen LogP contribution in [0.15, 0.2) is 38.8 Å². The number of amidine groups is 1. The van der Waals surface area contributed by atoms with Gasteiger partial charge in [-0.1, -0.05) is 27.8 Å². The van der Waals surface area contributed by atoms with Crippen molar-refractivity contribution in [3.8, 4) is 0 Å². The van der Waals surface area contributed by atoms with Crippen molar-refractivity contribution in [2.45, 2.75) is 31.5 Å². The van der Waals surface area contributed by atoms with Crippen molar-refractivity contribution in [1.29, 1.82) is 0 Å². The number of hydrogen-bond acceptors (Lipinski definition) is 5. The van der Waals surface area contributed by atoms with Crippen LogP contribution < -0.4 is 10.2 Å². The van der Waals surface area contributed by atoms with Crippen LogP contribution in [0.2, 0.25) is 5.02 Å². The summed E-state index contributed by atoms with van der Waals surface area (Å²) in [5.41, 5.74) is -1.86. The third-order valence-electron chi connectivity index (χ3n) is 5.87. The third kappa shape index (κ3) is 6.53. The quantitative estimate of drug-likeness (QED) is 0.305. The molecule has 0 aliphatic carbocycles. The zero-order valence-corrected chi connectivity index (χ0v) is 22.0. The Morgan fingerprint density at radius 3 is 2.68 bits per heavy atom. The second-order valence-electron chi connectivity index (χ2n) is 8.13. The van der Waals surface area contributed by atoms with Crippen LogP contribution in [0.25, 0.3) is 0 Å². The molecule has 1 aromatic carbocycles. The molecule has 2 aliphatic rings. The fraction of sp³-hybridized carbons (Fsp3) is 0.545. The van der Waals surface area contributed by atoms with Crippen LogP contribution in [0.4, 0.5) is 14.5 Å². The topological polar surface area (TPSA) is 80.5 Å². The summed E-state index contributed by atoms with van der Waals surface area (Å²) < 4.78 is 40.2. The average molecular weight is 534 g/mol.